The molecular weight excluding hydrogens is 264 g/mol. The average Bonchev–Trinajstić information content (AvgIpc) is 2.54. The highest BCUT2D eigenvalue weighted by Crippen LogP contribution is 2.36. The van der Waals surface area contributed by atoms with E-state index in [1.807, 2.05) is 0 Å². The van der Waals surface area contributed by atoms with Crippen molar-refractivity contribution < 1.29 is 0 Å². The number of allylic oxidation sites excluding steroid dienone is 2. The van der Waals surface area contributed by atoms with E-state index in [-0.39, 0.29) is 0 Å². The van der Waals surface area contributed by atoms with E-state index in [1.54, 1.807) is 0 Å². The van der Waals surface area contributed by atoms with Gasteiger partial charge in [0, 0.05) is 0 Å². The third-order valence-electron chi connectivity index (χ3n) is 5.27. The minimum atomic E-state index is 0.749. The van der Waals surface area contributed by atoms with Gasteiger partial charge in [0.2, 0.25) is 0 Å². The van der Waals surface area contributed by atoms with Crippen LogP contribution in [0.2, 0.25) is 0 Å². The van der Waals surface area contributed by atoms with E-state index in [1.165, 1.54) is 61.6 Å². The van der Waals surface area contributed by atoms with Crippen molar-refractivity contribution in [2.24, 2.45) is 11.8 Å². The van der Waals surface area contributed by atoms with Gasteiger partial charge in [-0.1, -0.05) is 74.8 Å². The summed E-state index contributed by atoms with van der Waals surface area (Å²) in [6, 6.07) is 8.85. The molecule has 1 aromatic carbocycles. The Morgan fingerprint density at radius 2 is 1.68 bits per heavy atom. The average molecular weight is 296 g/mol. The van der Waals surface area contributed by atoms with E-state index in [0.29, 0.717) is 0 Å². The summed E-state index contributed by atoms with van der Waals surface area (Å²) in [5.74, 6) is 1.73. The second kappa shape index (κ2) is 8.36. The van der Waals surface area contributed by atoms with Crippen LogP contribution in [0.5, 0.6) is 0 Å². The molecule has 1 fully saturated rings. The Kier molecular flexibility index (Phi) is 6.49. The fourth-order valence-corrected chi connectivity index (χ4v) is 3.67. The first-order chi connectivity index (χ1) is 10.6. The minimum Gasteiger partial charge on any atom is -0.0992 e. The molecule has 0 aliphatic heterocycles. The summed E-state index contributed by atoms with van der Waals surface area (Å²) in [4.78, 5) is 0. The summed E-state index contributed by atoms with van der Waals surface area (Å²) in [6.45, 7) is 12.8. The zero-order chi connectivity index (χ0) is 15.9. The summed E-state index contributed by atoms with van der Waals surface area (Å²) in [6.07, 6.45) is 10.8. The van der Waals surface area contributed by atoms with Gasteiger partial charge in [-0.05, 0) is 62.0 Å². The van der Waals surface area contributed by atoms with Crippen molar-refractivity contribution in [3.05, 3.63) is 54.1 Å². The maximum Gasteiger partial charge on any atom is -0.00670 e. The first-order valence-electron chi connectivity index (χ1n) is 9.02. The van der Waals surface area contributed by atoms with Crippen molar-refractivity contribution >= 4 is 5.57 Å². The highest BCUT2D eigenvalue weighted by molar-refractivity contribution is 5.61. The monoisotopic (exact) mass is 296 g/mol. The topological polar surface area (TPSA) is 0 Å². The van der Waals surface area contributed by atoms with Gasteiger partial charge < -0.3 is 0 Å². The Morgan fingerprint density at radius 3 is 2.23 bits per heavy atom. The van der Waals surface area contributed by atoms with Gasteiger partial charge in [0.05, 0.1) is 0 Å². The van der Waals surface area contributed by atoms with Crippen molar-refractivity contribution in [2.45, 2.75) is 65.2 Å². The molecule has 22 heavy (non-hydrogen) atoms. The van der Waals surface area contributed by atoms with Crippen LogP contribution >= 0.6 is 0 Å². The van der Waals surface area contributed by atoms with Crippen molar-refractivity contribution in [2.75, 3.05) is 0 Å². The quantitative estimate of drug-likeness (QED) is 0.484. The normalized spacial score (nSPS) is 21.5. The van der Waals surface area contributed by atoms with Gasteiger partial charge in [0.15, 0.2) is 0 Å². The lowest BCUT2D eigenvalue weighted by molar-refractivity contribution is 0.281. The van der Waals surface area contributed by atoms with Crippen molar-refractivity contribution in [1.82, 2.24) is 0 Å². The van der Waals surface area contributed by atoms with Crippen LogP contribution in [0.4, 0.5) is 0 Å². The lowest BCUT2D eigenvalue weighted by atomic mass is 9.76. The van der Waals surface area contributed by atoms with Crippen molar-refractivity contribution in [3.8, 4) is 0 Å². The molecule has 1 aliphatic carbocycles. The molecule has 120 valence electrons. The van der Waals surface area contributed by atoms with E-state index >= 15 is 0 Å². The van der Waals surface area contributed by atoms with E-state index in [2.05, 4.69) is 51.3 Å². The summed E-state index contributed by atoms with van der Waals surface area (Å²) >= 11 is 0. The van der Waals surface area contributed by atoms with Crippen molar-refractivity contribution in [3.63, 3.8) is 0 Å². The molecule has 0 N–H and O–H groups in total. The molecule has 1 aromatic rings. The van der Waals surface area contributed by atoms with E-state index in [9.17, 15) is 0 Å². The summed E-state index contributed by atoms with van der Waals surface area (Å²) in [7, 11) is 0. The second-order valence-corrected chi connectivity index (χ2v) is 7.17. The molecule has 1 saturated carbocycles. The molecule has 0 amide bonds. The van der Waals surface area contributed by atoms with Gasteiger partial charge >= 0.3 is 0 Å². The van der Waals surface area contributed by atoms with Gasteiger partial charge in [-0.25, -0.2) is 0 Å². The summed E-state index contributed by atoms with van der Waals surface area (Å²) in [5, 5.41) is 0. The number of unbranched alkanes of at least 4 members (excludes halogenated alkanes) is 1. The standard InChI is InChI=1S/C22H32/c1-5-6-7-19-8-14-22(15-9-19)18(4)16-20-10-12-21(13-11-20)17(2)3/h10-13,19,22H,2,4-9,14-16H2,1,3H3. The molecule has 0 spiro atoms. The van der Waals surface area contributed by atoms with Crippen LogP contribution < -0.4 is 0 Å². The fraction of sp³-hybridized carbons (Fsp3) is 0.545. The van der Waals surface area contributed by atoms with Gasteiger partial charge in [-0.3, -0.25) is 0 Å². The Balaban J connectivity index is 1.81. The Morgan fingerprint density at radius 1 is 1.05 bits per heavy atom. The molecule has 0 saturated heterocycles. The highest BCUT2D eigenvalue weighted by atomic mass is 14.3. The summed E-state index contributed by atoms with van der Waals surface area (Å²) in [5.41, 5.74) is 5.21. The molecule has 0 nitrogen and oxygen atoms in total. The first-order valence-corrected chi connectivity index (χ1v) is 9.02. The smallest absolute Gasteiger partial charge is 0.00670 e. The van der Waals surface area contributed by atoms with Crippen LogP contribution in [0.15, 0.2) is 43.0 Å². The van der Waals surface area contributed by atoms with E-state index < -0.39 is 0 Å². The molecule has 0 unspecified atom stereocenters. The van der Waals surface area contributed by atoms with Crippen LogP contribution in [0.3, 0.4) is 0 Å². The lowest BCUT2D eigenvalue weighted by Crippen LogP contribution is -2.16. The van der Waals surface area contributed by atoms with Crippen LogP contribution in [0, 0.1) is 11.8 Å². The van der Waals surface area contributed by atoms with Gasteiger partial charge in [-0.15, -0.1) is 0 Å². The molecule has 1 aliphatic rings. The van der Waals surface area contributed by atoms with Crippen LogP contribution in [-0.4, -0.2) is 0 Å². The van der Waals surface area contributed by atoms with E-state index in [4.69, 9.17) is 0 Å². The number of hydrogen-bond acceptors (Lipinski definition) is 0. The molecule has 0 heteroatoms. The third kappa shape index (κ3) is 4.87. The zero-order valence-corrected chi connectivity index (χ0v) is 14.5. The fourth-order valence-electron chi connectivity index (χ4n) is 3.67. The predicted molar refractivity (Wildman–Crippen MR) is 99.0 cm³/mol. The van der Waals surface area contributed by atoms with Crippen LogP contribution in [0.25, 0.3) is 5.57 Å². The molecule has 0 radical (unpaired) electrons. The predicted octanol–water partition coefficient (Wildman–Crippen LogP) is 6.82. The molecule has 0 atom stereocenters. The zero-order valence-electron chi connectivity index (χ0n) is 14.5. The maximum absolute atomic E-state index is 4.40. The summed E-state index contributed by atoms with van der Waals surface area (Å²) < 4.78 is 0. The lowest BCUT2D eigenvalue weighted by Gasteiger charge is -2.30. The molecular formula is C22H32. The van der Waals surface area contributed by atoms with Crippen LogP contribution in [-0.2, 0) is 6.42 Å². The number of hydrogen-bond donors (Lipinski definition) is 0. The van der Waals surface area contributed by atoms with Gasteiger partial charge in [0.25, 0.3) is 0 Å². The van der Waals surface area contributed by atoms with Crippen molar-refractivity contribution in [1.29, 1.82) is 0 Å². The Labute approximate surface area is 137 Å². The largest absolute Gasteiger partial charge is 0.0992 e. The number of benzene rings is 1. The SMILES string of the molecule is C=C(C)c1ccc(CC(=C)C2CCC(CCCC)CC2)cc1. The molecule has 0 heterocycles. The molecule has 0 bridgehead atoms. The van der Waals surface area contributed by atoms with Gasteiger partial charge in [0.1, 0.15) is 0 Å². The van der Waals surface area contributed by atoms with E-state index in [0.717, 1.165) is 23.8 Å². The van der Waals surface area contributed by atoms with Crippen LogP contribution in [0.1, 0.15) is 69.9 Å². The second-order valence-electron chi connectivity index (χ2n) is 7.17. The highest BCUT2D eigenvalue weighted by Gasteiger charge is 2.22. The number of rotatable bonds is 7. The minimum absolute atomic E-state index is 0.749. The van der Waals surface area contributed by atoms with Gasteiger partial charge in [-0.2, -0.15) is 0 Å². The maximum atomic E-state index is 4.40. The Bertz CT molecular complexity index is 483. The molecule has 0 aromatic heterocycles. The first kappa shape index (κ1) is 17.1. The third-order valence-corrected chi connectivity index (χ3v) is 5.27. The Hall–Kier alpha value is -1.30. The molecule has 2 rings (SSSR count).